The normalized spacial score (nSPS) is 21.2. The lowest BCUT2D eigenvalue weighted by molar-refractivity contribution is 0.00103. The maximum Gasteiger partial charge on any atom is 0.332 e. The predicted octanol–water partition coefficient (Wildman–Crippen LogP) is 4.27. The van der Waals surface area contributed by atoms with Crippen LogP contribution in [-0.4, -0.2) is 19.8 Å². The molecular formula is C12H25O3P. The summed E-state index contributed by atoms with van der Waals surface area (Å²) < 4.78 is 16.9. The third kappa shape index (κ3) is 4.29. The van der Waals surface area contributed by atoms with E-state index in [0.29, 0.717) is 0 Å². The molecule has 0 unspecified atom stereocenters. The molecule has 0 atom stereocenters. The Morgan fingerprint density at radius 2 is 1.69 bits per heavy atom. The first kappa shape index (κ1) is 14.4. The molecule has 1 fully saturated rings. The van der Waals surface area contributed by atoms with Crippen LogP contribution in [0.15, 0.2) is 0 Å². The molecule has 0 bridgehead atoms. The highest BCUT2D eigenvalue weighted by molar-refractivity contribution is 7.41. The average molecular weight is 248 g/mol. The lowest BCUT2D eigenvalue weighted by Crippen LogP contribution is -2.33. The summed E-state index contributed by atoms with van der Waals surface area (Å²) >= 11 is 0. The Labute approximate surface area is 101 Å². The van der Waals surface area contributed by atoms with E-state index >= 15 is 0 Å². The minimum Gasteiger partial charge on any atom is -0.312 e. The molecule has 1 rings (SSSR count). The third-order valence-corrected chi connectivity index (χ3v) is 4.47. The average Bonchev–Trinajstić information content (AvgIpc) is 2.36. The Morgan fingerprint density at radius 1 is 1.06 bits per heavy atom. The quantitative estimate of drug-likeness (QED) is 0.497. The molecule has 96 valence electrons. The van der Waals surface area contributed by atoms with Crippen LogP contribution in [0.3, 0.4) is 0 Å². The summed E-state index contributed by atoms with van der Waals surface area (Å²) in [4.78, 5) is 0. The Morgan fingerprint density at radius 3 is 2.19 bits per heavy atom. The number of rotatable bonds is 7. The highest BCUT2D eigenvalue weighted by Crippen LogP contribution is 2.48. The summed E-state index contributed by atoms with van der Waals surface area (Å²) in [5.41, 5.74) is 0.228. The molecule has 0 N–H and O–H groups in total. The van der Waals surface area contributed by atoms with Crippen molar-refractivity contribution in [2.24, 2.45) is 5.41 Å². The van der Waals surface area contributed by atoms with Crippen LogP contribution in [0.4, 0.5) is 0 Å². The fraction of sp³-hybridized carbons (Fsp3) is 1.00. The number of hydrogen-bond acceptors (Lipinski definition) is 3. The van der Waals surface area contributed by atoms with E-state index in [0.717, 1.165) is 39.1 Å². The first-order valence-electron chi connectivity index (χ1n) is 6.45. The lowest BCUT2D eigenvalue weighted by Gasteiger charge is -2.37. The zero-order valence-electron chi connectivity index (χ0n) is 10.8. The van der Waals surface area contributed by atoms with Crippen LogP contribution in [0.25, 0.3) is 0 Å². The molecule has 1 heterocycles. The van der Waals surface area contributed by atoms with E-state index in [-0.39, 0.29) is 5.41 Å². The molecule has 0 saturated carbocycles. The standard InChI is InChI=1S/C12H25O3P/c1-4-7-8-9-13-16-14-10-12(5-2,6-3)11-15-16/h4-11H2,1-3H3. The van der Waals surface area contributed by atoms with Crippen molar-refractivity contribution in [1.82, 2.24) is 0 Å². The van der Waals surface area contributed by atoms with Crippen LogP contribution in [0.5, 0.6) is 0 Å². The maximum atomic E-state index is 5.68. The van der Waals surface area contributed by atoms with E-state index < -0.39 is 8.60 Å². The molecule has 0 amide bonds. The van der Waals surface area contributed by atoms with Gasteiger partial charge in [-0.3, -0.25) is 0 Å². The van der Waals surface area contributed by atoms with Crippen molar-refractivity contribution >= 4 is 8.60 Å². The molecule has 0 radical (unpaired) electrons. The van der Waals surface area contributed by atoms with E-state index in [1.807, 2.05) is 0 Å². The summed E-state index contributed by atoms with van der Waals surface area (Å²) in [5.74, 6) is 0. The van der Waals surface area contributed by atoms with Crippen molar-refractivity contribution in [3.8, 4) is 0 Å². The van der Waals surface area contributed by atoms with Gasteiger partial charge in [-0.15, -0.1) is 0 Å². The van der Waals surface area contributed by atoms with Gasteiger partial charge in [-0.05, 0) is 19.3 Å². The van der Waals surface area contributed by atoms with Crippen molar-refractivity contribution < 1.29 is 13.6 Å². The molecule has 4 heteroatoms. The summed E-state index contributed by atoms with van der Waals surface area (Å²) in [6, 6.07) is 0. The van der Waals surface area contributed by atoms with Crippen molar-refractivity contribution in [2.45, 2.75) is 52.9 Å². The summed E-state index contributed by atoms with van der Waals surface area (Å²) in [5, 5.41) is 0. The van der Waals surface area contributed by atoms with Gasteiger partial charge in [-0.1, -0.05) is 33.6 Å². The monoisotopic (exact) mass is 248 g/mol. The van der Waals surface area contributed by atoms with Crippen LogP contribution < -0.4 is 0 Å². The van der Waals surface area contributed by atoms with E-state index in [4.69, 9.17) is 13.6 Å². The second-order valence-corrected chi connectivity index (χ2v) is 5.74. The zero-order valence-corrected chi connectivity index (χ0v) is 11.7. The van der Waals surface area contributed by atoms with Gasteiger partial charge in [-0.2, -0.15) is 0 Å². The molecule has 0 aromatic rings. The third-order valence-electron chi connectivity index (χ3n) is 3.40. The summed E-state index contributed by atoms with van der Waals surface area (Å²) in [7, 11) is -1.06. The summed E-state index contributed by atoms with van der Waals surface area (Å²) in [6.07, 6.45) is 5.77. The fourth-order valence-corrected chi connectivity index (χ4v) is 2.94. The van der Waals surface area contributed by atoms with Gasteiger partial charge >= 0.3 is 8.60 Å². The second kappa shape index (κ2) is 7.60. The first-order chi connectivity index (χ1) is 7.76. The molecule has 16 heavy (non-hydrogen) atoms. The van der Waals surface area contributed by atoms with E-state index in [9.17, 15) is 0 Å². The molecule has 3 nitrogen and oxygen atoms in total. The first-order valence-corrected chi connectivity index (χ1v) is 7.54. The molecule has 0 aliphatic carbocycles. The topological polar surface area (TPSA) is 27.7 Å². The van der Waals surface area contributed by atoms with Gasteiger partial charge in [0.25, 0.3) is 0 Å². The predicted molar refractivity (Wildman–Crippen MR) is 67.3 cm³/mol. The van der Waals surface area contributed by atoms with Crippen molar-refractivity contribution in [3.05, 3.63) is 0 Å². The van der Waals surface area contributed by atoms with Crippen LogP contribution in [-0.2, 0) is 13.6 Å². The highest BCUT2D eigenvalue weighted by atomic mass is 31.2. The maximum absolute atomic E-state index is 5.68. The molecule has 0 spiro atoms. The molecule has 0 aromatic carbocycles. The SMILES string of the molecule is CCCCCOP1OCC(CC)(CC)CO1. The molecule has 1 aliphatic rings. The van der Waals surface area contributed by atoms with E-state index in [1.165, 1.54) is 12.8 Å². The van der Waals surface area contributed by atoms with Crippen molar-refractivity contribution in [1.29, 1.82) is 0 Å². The second-order valence-electron chi connectivity index (χ2n) is 4.52. The molecular weight excluding hydrogens is 223 g/mol. The van der Waals surface area contributed by atoms with Crippen molar-refractivity contribution in [2.75, 3.05) is 19.8 Å². The number of hydrogen-bond donors (Lipinski definition) is 0. The van der Waals surface area contributed by atoms with Crippen LogP contribution in [0, 0.1) is 5.41 Å². The fourth-order valence-electron chi connectivity index (χ4n) is 1.68. The van der Waals surface area contributed by atoms with Gasteiger partial charge < -0.3 is 13.6 Å². The Balaban J connectivity index is 2.16. The van der Waals surface area contributed by atoms with Gasteiger partial charge in [0.15, 0.2) is 0 Å². The molecule has 0 aromatic heterocycles. The van der Waals surface area contributed by atoms with Gasteiger partial charge in [-0.25, -0.2) is 0 Å². The minimum absolute atomic E-state index is 0.228. The van der Waals surface area contributed by atoms with Gasteiger partial charge in [0.2, 0.25) is 0 Å². The van der Waals surface area contributed by atoms with E-state index in [2.05, 4.69) is 20.8 Å². The van der Waals surface area contributed by atoms with Crippen molar-refractivity contribution in [3.63, 3.8) is 0 Å². The Bertz CT molecular complexity index is 173. The van der Waals surface area contributed by atoms with Crippen LogP contribution in [0.1, 0.15) is 52.9 Å². The Kier molecular flexibility index (Phi) is 6.83. The molecule has 1 aliphatic heterocycles. The zero-order chi connectivity index (χ0) is 11.9. The van der Waals surface area contributed by atoms with E-state index in [1.54, 1.807) is 0 Å². The van der Waals surface area contributed by atoms with Gasteiger partial charge in [0, 0.05) is 5.41 Å². The smallest absolute Gasteiger partial charge is 0.312 e. The summed E-state index contributed by atoms with van der Waals surface area (Å²) in [6.45, 7) is 8.94. The van der Waals surface area contributed by atoms with Gasteiger partial charge in [0.05, 0.1) is 19.8 Å². The number of unbranched alkanes of at least 4 members (excludes halogenated alkanes) is 2. The molecule has 1 saturated heterocycles. The minimum atomic E-state index is -1.06. The van der Waals surface area contributed by atoms with Gasteiger partial charge in [0.1, 0.15) is 0 Å². The van der Waals surface area contributed by atoms with Crippen LogP contribution >= 0.6 is 8.60 Å². The Hall–Kier alpha value is 0.310. The highest BCUT2D eigenvalue weighted by Gasteiger charge is 2.35. The largest absolute Gasteiger partial charge is 0.332 e. The lowest BCUT2D eigenvalue weighted by atomic mass is 9.84. The van der Waals surface area contributed by atoms with Crippen LogP contribution in [0.2, 0.25) is 0 Å².